The molecule has 1 aromatic carbocycles. The van der Waals surface area contributed by atoms with E-state index < -0.39 is 60.6 Å². The van der Waals surface area contributed by atoms with E-state index in [0.29, 0.717) is 5.01 Å². The molecule has 0 bridgehead atoms. The lowest BCUT2D eigenvalue weighted by atomic mass is 9.82. The number of aliphatic carboxylic acids is 1. The molecule has 1 fully saturated rings. The minimum absolute atomic E-state index is 0.0354. The van der Waals surface area contributed by atoms with Gasteiger partial charge in [-0.15, -0.1) is 11.3 Å². The highest BCUT2D eigenvalue weighted by atomic mass is 32.1. The summed E-state index contributed by atoms with van der Waals surface area (Å²) < 4.78 is 61.1. The maximum absolute atomic E-state index is 14.2. The number of aliphatic imine (C=N–C) groups is 1. The molecule has 2 aliphatic rings. The zero-order chi connectivity index (χ0) is 25.5. The molecule has 3 heterocycles. The molecule has 1 aromatic heterocycles. The van der Waals surface area contributed by atoms with Crippen molar-refractivity contribution in [1.29, 1.82) is 0 Å². The second-order valence-corrected chi connectivity index (χ2v) is 9.18. The number of alkyl halides is 2. The number of nitrogens with zero attached hydrogens (tertiary/aromatic N) is 3. The van der Waals surface area contributed by atoms with Gasteiger partial charge in [0.1, 0.15) is 11.6 Å². The van der Waals surface area contributed by atoms with Crippen molar-refractivity contribution < 1.29 is 37.0 Å². The minimum Gasteiger partial charge on any atom is -0.480 e. The number of ether oxygens (including phenoxy) is 1. The van der Waals surface area contributed by atoms with E-state index in [9.17, 15) is 32.3 Å². The van der Waals surface area contributed by atoms with Gasteiger partial charge in [0.2, 0.25) is 0 Å². The van der Waals surface area contributed by atoms with Gasteiger partial charge in [-0.25, -0.2) is 32.3 Å². The van der Waals surface area contributed by atoms with E-state index in [0.717, 1.165) is 24.1 Å². The highest BCUT2D eigenvalue weighted by Crippen LogP contribution is 2.40. The molecular formula is C22H20F4N4O4S. The lowest BCUT2D eigenvalue weighted by Crippen LogP contribution is -2.46. The maximum atomic E-state index is 14.2. The van der Waals surface area contributed by atoms with Crippen LogP contribution < -0.4 is 5.32 Å². The summed E-state index contributed by atoms with van der Waals surface area (Å²) in [6, 6.07) is 1.51. The van der Waals surface area contributed by atoms with Crippen molar-refractivity contribution in [3.63, 3.8) is 0 Å². The molecule has 2 aliphatic heterocycles. The van der Waals surface area contributed by atoms with Crippen LogP contribution in [-0.4, -0.2) is 64.9 Å². The molecule has 186 valence electrons. The summed E-state index contributed by atoms with van der Waals surface area (Å²) in [5.74, 6) is -7.73. The van der Waals surface area contributed by atoms with E-state index in [1.54, 1.807) is 5.38 Å². The molecule has 1 saturated heterocycles. The molecular weight excluding hydrogens is 492 g/mol. The van der Waals surface area contributed by atoms with Gasteiger partial charge in [-0.2, -0.15) is 0 Å². The second-order valence-electron chi connectivity index (χ2n) is 8.29. The Labute approximate surface area is 200 Å². The Kier molecular flexibility index (Phi) is 6.40. The van der Waals surface area contributed by atoms with Crippen molar-refractivity contribution in [2.75, 3.05) is 20.2 Å². The van der Waals surface area contributed by atoms with E-state index >= 15 is 0 Å². The number of hydrogen-bond donors (Lipinski definition) is 2. The molecule has 4 rings (SSSR count). The number of carboxylic acid groups (broad SMARTS) is 1. The van der Waals surface area contributed by atoms with Crippen molar-refractivity contribution in [3.8, 4) is 0 Å². The fraction of sp³-hybridized carbons (Fsp3) is 0.364. The minimum atomic E-state index is -3.25. The van der Waals surface area contributed by atoms with E-state index in [-0.39, 0.29) is 22.7 Å². The second kappa shape index (κ2) is 9.04. The van der Waals surface area contributed by atoms with E-state index in [1.807, 2.05) is 0 Å². The maximum Gasteiger partial charge on any atom is 0.338 e. The Morgan fingerprint density at radius 3 is 2.66 bits per heavy atom. The predicted molar refractivity (Wildman–Crippen MR) is 117 cm³/mol. The number of thiazole rings is 1. The summed E-state index contributed by atoms with van der Waals surface area (Å²) in [6.07, 6.45) is 0.608. The van der Waals surface area contributed by atoms with Crippen LogP contribution >= 0.6 is 11.3 Å². The molecule has 2 unspecified atom stereocenters. The van der Waals surface area contributed by atoms with Gasteiger partial charge in [0, 0.05) is 30.2 Å². The van der Waals surface area contributed by atoms with Gasteiger partial charge in [0.25, 0.3) is 5.92 Å². The number of nitrogens with one attached hydrogen (secondary N) is 1. The summed E-state index contributed by atoms with van der Waals surface area (Å²) in [5.41, 5.74) is -1.69. The van der Waals surface area contributed by atoms with Crippen molar-refractivity contribution >= 4 is 29.1 Å². The lowest BCUT2D eigenvalue weighted by Gasteiger charge is -2.36. The lowest BCUT2D eigenvalue weighted by molar-refractivity contribution is -0.142. The van der Waals surface area contributed by atoms with Crippen LogP contribution in [0.1, 0.15) is 23.9 Å². The fourth-order valence-corrected chi connectivity index (χ4v) is 4.88. The number of aromatic nitrogens is 1. The van der Waals surface area contributed by atoms with Crippen LogP contribution in [0.4, 0.5) is 17.6 Å². The van der Waals surface area contributed by atoms with E-state index in [4.69, 9.17) is 4.74 Å². The van der Waals surface area contributed by atoms with Gasteiger partial charge in [0.05, 0.1) is 19.2 Å². The van der Waals surface area contributed by atoms with Crippen LogP contribution in [0.15, 0.2) is 46.0 Å². The fourth-order valence-electron chi connectivity index (χ4n) is 4.30. The molecule has 2 aromatic rings. The number of methoxy groups -OCH3 is 1. The van der Waals surface area contributed by atoms with Gasteiger partial charge in [-0.1, -0.05) is 6.07 Å². The number of benzene rings is 1. The average Bonchev–Trinajstić information content (AvgIpc) is 3.42. The molecule has 0 aliphatic carbocycles. The van der Waals surface area contributed by atoms with Crippen LogP contribution in [0.3, 0.4) is 0 Å². The first-order chi connectivity index (χ1) is 16.4. The highest BCUT2D eigenvalue weighted by molar-refractivity contribution is 7.11. The summed E-state index contributed by atoms with van der Waals surface area (Å²) in [6.45, 7) is 0.212. The Bertz CT molecular complexity index is 1230. The van der Waals surface area contributed by atoms with Gasteiger partial charge >= 0.3 is 11.9 Å². The van der Waals surface area contributed by atoms with Crippen molar-refractivity contribution in [2.24, 2.45) is 4.99 Å². The number of carboxylic acids is 1. The quantitative estimate of drug-likeness (QED) is 0.453. The van der Waals surface area contributed by atoms with E-state index in [1.165, 1.54) is 30.5 Å². The van der Waals surface area contributed by atoms with E-state index in [2.05, 4.69) is 15.3 Å². The zero-order valence-corrected chi connectivity index (χ0v) is 19.3. The molecule has 2 atom stereocenters. The molecule has 8 nitrogen and oxygen atoms in total. The number of hydrogen-bond acceptors (Lipinski definition) is 8. The summed E-state index contributed by atoms with van der Waals surface area (Å²) in [7, 11) is 1.10. The number of likely N-dealkylation sites (tertiary alicyclic amines) is 1. The van der Waals surface area contributed by atoms with Gasteiger partial charge in [-0.05, 0) is 24.6 Å². The third-order valence-corrected chi connectivity index (χ3v) is 6.69. The number of esters is 1. The monoisotopic (exact) mass is 512 g/mol. The van der Waals surface area contributed by atoms with Gasteiger partial charge < -0.3 is 15.2 Å². The molecule has 0 saturated carbocycles. The summed E-state index contributed by atoms with van der Waals surface area (Å²) in [5, 5.41) is 14.4. The van der Waals surface area contributed by atoms with Gasteiger partial charge in [0.15, 0.2) is 22.5 Å². The number of rotatable bonds is 6. The standard InChI is InChI=1S/C22H20F4N4O4S/c1-21(11-3-4-12(23)13(24)7-11)16(20(33)34-2)14(28-17(29-21)18-27-5-6-35-18)9-30-10-22(25,26)8-15(30)19(31)32/h3-7,15H,8-10H2,1-2H3,(H,28,29)(H,31,32). The van der Waals surface area contributed by atoms with Crippen molar-refractivity contribution in [3.05, 3.63) is 63.3 Å². The smallest absolute Gasteiger partial charge is 0.338 e. The zero-order valence-electron chi connectivity index (χ0n) is 18.5. The molecule has 13 heteroatoms. The molecule has 0 amide bonds. The van der Waals surface area contributed by atoms with Crippen LogP contribution in [0.2, 0.25) is 0 Å². The van der Waals surface area contributed by atoms with Crippen LogP contribution in [-0.2, 0) is 19.9 Å². The van der Waals surface area contributed by atoms with Crippen molar-refractivity contribution in [2.45, 2.75) is 30.8 Å². The van der Waals surface area contributed by atoms with Gasteiger partial charge in [-0.3, -0.25) is 9.69 Å². The number of carbonyl (C=O) groups is 2. The van der Waals surface area contributed by atoms with Crippen LogP contribution in [0.25, 0.3) is 0 Å². The Morgan fingerprint density at radius 1 is 1.31 bits per heavy atom. The highest BCUT2D eigenvalue weighted by Gasteiger charge is 2.50. The van der Waals surface area contributed by atoms with Crippen LogP contribution in [0.5, 0.6) is 0 Å². The topological polar surface area (TPSA) is 104 Å². The third-order valence-electron chi connectivity index (χ3n) is 5.91. The Hall–Kier alpha value is -3.32. The SMILES string of the molecule is COC(=O)C1=C(CN2CC(F)(F)CC2C(=O)O)NC(c2nccs2)=NC1(C)c1ccc(F)c(F)c1. The largest absolute Gasteiger partial charge is 0.480 e. The first-order valence-electron chi connectivity index (χ1n) is 10.3. The number of carbonyl (C=O) groups excluding carboxylic acids is 1. The average molecular weight is 512 g/mol. The molecule has 0 radical (unpaired) electrons. The molecule has 2 N–H and O–H groups in total. The third kappa shape index (κ3) is 4.65. The van der Waals surface area contributed by atoms with Crippen LogP contribution in [0, 0.1) is 11.6 Å². The molecule has 35 heavy (non-hydrogen) atoms. The summed E-state index contributed by atoms with van der Waals surface area (Å²) in [4.78, 5) is 34.4. The number of halogens is 4. The Balaban J connectivity index is 1.89. The Morgan fingerprint density at radius 2 is 2.06 bits per heavy atom. The van der Waals surface area contributed by atoms with Crippen molar-refractivity contribution in [1.82, 2.24) is 15.2 Å². The first kappa shape index (κ1) is 24.8. The number of amidine groups is 1. The first-order valence-corrected chi connectivity index (χ1v) is 11.2. The summed E-state index contributed by atoms with van der Waals surface area (Å²) >= 11 is 1.19. The normalized spacial score (nSPS) is 24.2. The molecule has 0 spiro atoms. The predicted octanol–water partition coefficient (Wildman–Crippen LogP) is 2.91.